The van der Waals surface area contributed by atoms with Crippen molar-refractivity contribution in [2.24, 2.45) is 5.92 Å². The van der Waals surface area contributed by atoms with Crippen LogP contribution in [0.4, 0.5) is 11.4 Å². The summed E-state index contributed by atoms with van der Waals surface area (Å²) in [6, 6.07) is 4.18. The molecule has 0 N–H and O–H groups in total. The van der Waals surface area contributed by atoms with Crippen molar-refractivity contribution in [3.63, 3.8) is 0 Å². The number of fused-ring (bicyclic) bond motifs is 1. The summed E-state index contributed by atoms with van der Waals surface area (Å²) >= 11 is 0. The molecule has 1 aliphatic heterocycles. The number of anilines is 1. The Kier molecular flexibility index (Phi) is 3.89. The van der Waals surface area contributed by atoms with Crippen LogP contribution in [0.15, 0.2) is 18.2 Å². The van der Waals surface area contributed by atoms with Crippen LogP contribution in [0.25, 0.3) is 0 Å². The molecule has 0 saturated heterocycles. The van der Waals surface area contributed by atoms with Gasteiger partial charge in [-0.1, -0.05) is 13.8 Å². The lowest BCUT2D eigenvalue weighted by atomic mass is 10.0. The number of nitro benzene ring substituents is 1. The van der Waals surface area contributed by atoms with Crippen LogP contribution in [0.3, 0.4) is 0 Å². The topological polar surface area (TPSA) is 81.9 Å². The van der Waals surface area contributed by atoms with Crippen LogP contribution in [0.1, 0.15) is 13.8 Å². The van der Waals surface area contributed by atoms with Gasteiger partial charge in [0.05, 0.1) is 16.7 Å². The molecular weight excluding hydrogens is 264 g/mol. The second-order valence-corrected chi connectivity index (χ2v) is 4.88. The van der Waals surface area contributed by atoms with Crippen LogP contribution in [0.2, 0.25) is 0 Å². The van der Waals surface area contributed by atoms with Gasteiger partial charge in [0.2, 0.25) is 0 Å². The molecule has 7 heteroatoms. The van der Waals surface area contributed by atoms with E-state index in [4.69, 9.17) is 9.47 Å². The van der Waals surface area contributed by atoms with Crippen LogP contribution < -0.4 is 9.64 Å². The number of rotatable bonds is 4. The predicted octanol–water partition coefficient (Wildman–Crippen LogP) is 1.95. The minimum Gasteiger partial charge on any atom is -0.478 e. The number of hydrogen-bond donors (Lipinski definition) is 0. The first-order valence-electron chi connectivity index (χ1n) is 6.21. The number of ether oxygens (including phenoxy) is 2. The Morgan fingerprint density at radius 1 is 1.50 bits per heavy atom. The molecule has 108 valence electrons. The zero-order chi connectivity index (χ0) is 14.9. The molecule has 1 atom stereocenters. The minimum atomic E-state index is -0.667. The third-order valence-corrected chi connectivity index (χ3v) is 3.07. The SMILES string of the molecule is COCN1C(=O)C(C(C)C)Oc2cc([N+](=O)[O-])ccc21. The van der Waals surface area contributed by atoms with E-state index < -0.39 is 11.0 Å². The highest BCUT2D eigenvalue weighted by atomic mass is 16.6. The summed E-state index contributed by atoms with van der Waals surface area (Å²) in [5.41, 5.74) is 0.414. The summed E-state index contributed by atoms with van der Waals surface area (Å²) in [5, 5.41) is 10.8. The number of hydrogen-bond acceptors (Lipinski definition) is 5. The van der Waals surface area contributed by atoms with Gasteiger partial charge in [0.15, 0.2) is 11.9 Å². The Balaban J connectivity index is 2.47. The van der Waals surface area contributed by atoms with Gasteiger partial charge in [-0.2, -0.15) is 0 Å². The second-order valence-electron chi connectivity index (χ2n) is 4.88. The van der Waals surface area contributed by atoms with Gasteiger partial charge in [-0.25, -0.2) is 0 Å². The van der Waals surface area contributed by atoms with Gasteiger partial charge < -0.3 is 9.47 Å². The zero-order valence-electron chi connectivity index (χ0n) is 11.5. The molecule has 20 heavy (non-hydrogen) atoms. The van der Waals surface area contributed by atoms with Crippen LogP contribution >= 0.6 is 0 Å². The summed E-state index contributed by atoms with van der Waals surface area (Å²) in [6.45, 7) is 3.79. The average Bonchev–Trinajstić information content (AvgIpc) is 2.40. The number of amides is 1. The number of carbonyl (C=O) groups is 1. The largest absolute Gasteiger partial charge is 0.478 e. The minimum absolute atomic E-state index is 0.0470. The van der Waals surface area contributed by atoms with Crippen molar-refractivity contribution in [2.75, 3.05) is 18.7 Å². The lowest BCUT2D eigenvalue weighted by Crippen LogP contribution is -2.49. The third-order valence-electron chi connectivity index (χ3n) is 3.07. The van der Waals surface area contributed by atoms with Gasteiger partial charge in [0, 0.05) is 13.2 Å². The highest BCUT2D eigenvalue weighted by Gasteiger charge is 2.37. The summed E-state index contributed by atoms with van der Waals surface area (Å²) in [6.07, 6.45) is -0.667. The van der Waals surface area contributed by atoms with E-state index in [1.807, 2.05) is 13.8 Å². The zero-order valence-corrected chi connectivity index (χ0v) is 11.5. The van der Waals surface area contributed by atoms with Crippen molar-refractivity contribution in [3.8, 4) is 5.75 Å². The van der Waals surface area contributed by atoms with Crippen molar-refractivity contribution in [3.05, 3.63) is 28.3 Å². The molecule has 0 aliphatic carbocycles. The van der Waals surface area contributed by atoms with Crippen LogP contribution in [0.5, 0.6) is 5.75 Å². The van der Waals surface area contributed by atoms with Gasteiger partial charge in [-0.05, 0) is 12.0 Å². The molecule has 0 bridgehead atoms. The van der Waals surface area contributed by atoms with Gasteiger partial charge >= 0.3 is 0 Å². The molecular formula is C13H16N2O5. The normalized spacial score (nSPS) is 17.9. The number of nitrogens with zero attached hydrogens (tertiary/aromatic N) is 2. The highest BCUT2D eigenvalue weighted by molar-refractivity contribution is 6.00. The van der Waals surface area contributed by atoms with Gasteiger partial charge in [-0.3, -0.25) is 19.8 Å². The Morgan fingerprint density at radius 3 is 2.75 bits per heavy atom. The summed E-state index contributed by atoms with van der Waals surface area (Å²) < 4.78 is 10.7. The Bertz CT molecular complexity index is 544. The standard InChI is InChI=1S/C13H16N2O5/c1-8(2)12-13(16)14(7-19-3)10-5-4-9(15(17)18)6-11(10)20-12/h4-6,8,12H,7H2,1-3H3. The Hall–Kier alpha value is -2.15. The van der Waals surface area contributed by atoms with Crippen molar-refractivity contribution in [2.45, 2.75) is 20.0 Å². The fourth-order valence-corrected chi connectivity index (χ4v) is 2.08. The van der Waals surface area contributed by atoms with Gasteiger partial charge in [-0.15, -0.1) is 0 Å². The van der Waals surface area contributed by atoms with Crippen LogP contribution in [0, 0.1) is 16.0 Å². The molecule has 1 amide bonds. The van der Waals surface area contributed by atoms with Crippen LogP contribution in [-0.2, 0) is 9.53 Å². The smallest absolute Gasteiger partial charge is 0.273 e. The van der Waals surface area contributed by atoms with Gasteiger partial charge in [0.25, 0.3) is 11.6 Å². The summed E-state index contributed by atoms with van der Waals surface area (Å²) in [7, 11) is 1.48. The van der Waals surface area contributed by atoms with E-state index >= 15 is 0 Å². The molecule has 0 radical (unpaired) electrons. The molecule has 0 spiro atoms. The number of carbonyl (C=O) groups excluding carboxylic acids is 1. The molecule has 1 aromatic rings. The second kappa shape index (κ2) is 5.46. The maximum Gasteiger partial charge on any atom is 0.273 e. The molecule has 0 fully saturated rings. The Morgan fingerprint density at radius 2 is 2.20 bits per heavy atom. The molecule has 1 aromatic carbocycles. The number of non-ortho nitro benzene ring substituents is 1. The Labute approximate surface area is 116 Å². The van der Waals surface area contributed by atoms with E-state index in [2.05, 4.69) is 0 Å². The third kappa shape index (κ3) is 2.44. The lowest BCUT2D eigenvalue weighted by Gasteiger charge is -2.35. The summed E-state index contributed by atoms with van der Waals surface area (Å²) in [5.74, 6) is 0.0759. The van der Waals surface area contributed by atoms with Crippen molar-refractivity contribution < 1.29 is 19.2 Å². The van der Waals surface area contributed by atoms with E-state index in [0.29, 0.717) is 11.4 Å². The lowest BCUT2D eigenvalue weighted by molar-refractivity contribution is -0.384. The molecule has 7 nitrogen and oxygen atoms in total. The molecule has 0 aromatic heterocycles. The number of benzene rings is 1. The fraction of sp³-hybridized carbons (Fsp3) is 0.462. The molecule has 1 aliphatic rings. The maximum absolute atomic E-state index is 12.3. The number of methoxy groups -OCH3 is 1. The molecule has 1 unspecified atom stereocenters. The van der Waals surface area contributed by atoms with Crippen molar-refractivity contribution >= 4 is 17.3 Å². The highest BCUT2D eigenvalue weighted by Crippen LogP contribution is 2.38. The number of nitro groups is 1. The van der Waals surface area contributed by atoms with E-state index in [9.17, 15) is 14.9 Å². The van der Waals surface area contributed by atoms with E-state index in [1.165, 1.54) is 30.2 Å². The molecule has 0 saturated carbocycles. The predicted molar refractivity (Wildman–Crippen MR) is 71.7 cm³/mol. The van der Waals surface area contributed by atoms with Crippen LogP contribution in [-0.4, -0.2) is 30.8 Å². The van der Waals surface area contributed by atoms with E-state index in [1.54, 1.807) is 0 Å². The fourth-order valence-electron chi connectivity index (χ4n) is 2.08. The van der Waals surface area contributed by atoms with E-state index in [-0.39, 0.29) is 24.2 Å². The molecule has 2 rings (SSSR count). The van der Waals surface area contributed by atoms with Crippen molar-refractivity contribution in [1.82, 2.24) is 0 Å². The summed E-state index contributed by atoms with van der Waals surface area (Å²) in [4.78, 5) is 24.1. The monoisotopic (exact) mass is 280 g/mol. The average molecular weight is 280 g/mol. The first-order valence-corrected chi connectivity index (χ1v) is 6.21. The quantitative estimate of drug-likeness (QED) is 0.622. The van der Waals surface area contributed by atoms with Gasteiger partial charge in [0.1, 0.15) is 6.73 Å². The first-order chi connectivity index (χ1) is 9.45. The van der Waals surface area contributed by atoms with E-state index in [0.717, 1.165) is 0 Å². The van der Waals surface area contributed by atoms with Crippen molar-refractivity contribution in [1.29, 1.82) is 0 Å². The molecule has 1 heterocycles. The maximum atomic E-state index is 12.3. The first kappa shape index (κ1) is 14.3.